The largest absolute Gasteiger partial charge is 0.390 e. The minimum Gasteiger partial charge on any atom is -0.390 e. The number of aliphatic hydroxyl groups excluding tert-OH is 1. The Labute approximate surface area is 68.2 Å². The van der Waals surface area contributed by atoms with Crippen molar-refractivity contribution in [3.8, 4) is 0 Å². The molecule has 1 rings (SSSR count). The maximum Gasteiger partial charge on any atom is 0.317 e. The topological polar surface area (TPSA) is 52.6 Å². The molecule has 6 heteroatoms. The van der Waals surface area contributed by atoms with Gasteiger partial charge in [0, 0.05) is 13.1 Å². The van der Waals surface area contributed by atoms with Crippen molar-refractivity contribution in [2.24, 2.45) is 0 Å². The van der Waals surface area contributed by atoms with Gasteiger partial charge in [0.25, 0.3) is 5.92 Å². The van der Waals surface area contributed by atoms with Gasteiger partial charge in [-0.05, 0) is 0 Å². The van der Waals surface area contributed by atoms with E-state index in [2.05, 4.69) is 5.32 Å². The molecule has 70 valence electrons. The van der Waals surface area contributed by atoms with Gasteiger partial charge in [-0.3, -0.25) is 0 Å². The lowest BCUT2D eigenvalue weighted by molar-refractivity contribution is -0.0632. The third kappa shape index (κ3) is 2.04. The number of rotatable bonds is 3. The van der Waals surface area contributed by atoms with Gasteiger partial charge in [-0.2, -0.15) is 0 Å². The summed E-state index contributed by atoms with van der Waals surface area (Å²) in [6.45, 7) is -1.28. The second-order valence-corrected chi connectivity index (χ2v) is 2.67. The normalized spacial score (nSPS) is 18.2. The van der Waals surface area contributed by atoms with Gasteiger partial charge in [0.1, 0.15) is 6.61 Å². The average molecular weight is 180 g/mol. The fraction of sp³-hybridized carbons (Fsp3) is 0.833. The third-order valence-corrected chi connectivity index (χ3v) is 1.60. The van der Waals surface area contributed by atoms with Gasteiger partial charge in [-0.15, -0.1) is 0 Å². The molecule has 2 amide bonds. The predicted molar refractivity (Wildman–Crippen MR) is 37.0 cm³/mol. The van der Waals surface area contributed by atoms with Gasteiger partial charge < -0.3 is 15.3 Å². The van der Waals surface area contributed by atoms with E-state index in [9.17, 15) is 13.6 Å². The highest BCUT2D eigenvalue weighted by Gasteiger charge is 2.34. The highest BCUT2D eigenvalue weighted by molar-refractivity contribution is 5.76. The van der Waals surface area contributed by atoms with E-state index in [4.69, 9.17) is 5.11 Å². The molecular formula is C6H10F2N2O2. The SMILES string of the molecule is O=C1NCCN1CC(F)(F)CO. The van der Waals surface area contributed by atoms with Crippen LogP contribution in [0.5, 0.6) is 0 Å². The summed E-state index contributed by atoms with van der Waals surface area (Å²) in [4.78, 5) is 11.8. The number of urea groups is 1. The summed E-state index contributed by atoms with van der Waals surface area (Å²) in [5.41, 5.74) is 0. The molecule has 0 radical (unpaired) electrons. The monoisotopic (exact) mass is 180 g/mol. The summed E-state index contributed by atoms with van der Waals surface area (Å²) in [7, 11) is 0. The first-order valence-corrected chi connectivity index (χ1v) is 3.57. The summed E-state index contributed by atoms with van der Waals surface area (Å²) in [5.74, 6) is -3.19. The number of halogens is 2. The number of carbonyl (C=O) groups excluding carboxylic acids is 1. The van der Waals surface area contributed by atoms with Gasteiger partial charge >= 0.3 is 6.03 Å². The first-order valence-electron chi connectivity index (χ1n) is 3.57. The number of hydrogen-bond donors (Lipinski definition) is 2. The molecule has 1 fully saturated rings. The van der Waals surface area contributed by atoms with Gasteiger partial charge in [-0.1, -0.05) is 0 Å². The van der Waals surface area contributed by atoms with Crippen molar-refractivity contribution < 1.29 is 18.7 Å². The molecule has 1 heterocycles. The van der Waals surface area contributed by atoms with Gasteiger partial charge in [0.2, 0.25) is 0 Å². The van der Waals surface area contributed by atoms with E-state index in [-0.39, 0.29) is 6.54 Å². The van der Waals surface area contributed by atoms with Crippen LogP contribution in [0.3, 0.4) is 0 Å². The van der Waals surface area contributed by atoms with Crippen LogP contribution in [0.4, 0.5) is 13.6 Å². The lowest BCUT2D eigenvalue weighted by Gasteiger charge is -2.20. The van der Waals surface area contributed by atoms with Crippen LogP contribution in [0.2, 0.25) is 0 Å². The maximum absolute atomic E-state index is 12.5. The number of aliphatic hydroxyl groups is 1. The molecule has 1 aliphatic rings. The van der Waals surface area contributed by atoms with E-state index in [1.165, 1.54) is 0 Å². The molecule has 2 N–H and O–H groups in total. The highest BCUT2D eigenvalue weighted by Crippen LogP contribution is 2.15. The number of alkyl halides is 2. The number of carbonyl (C=O) groups is 1. The van der Waals surface area contributed by atoms with Gasteiger partial charge in [0.15, 0.2) is 0 Å². The fourth-order valence-electron chi connectivity index (χ4n) is 0.991. The molecule has 12 heavy (non-hydrogen) atoms. The van der Waals surface area contributed by atoms with Gasteiger partial charge in [0.05, 0.1) is 6.54 Å². The first kappa shape index (κ1) is 9.18. The number of nitrogens with one attached hydrogen (secondary N) is 1. The summed E-state index contributed by atoms with van der Waals surface area (Å²) in [6, 6.07) is -0.497. The Hall–Kier alpha value is -0.910. The molecule has 0 aliphatic carbocycles. The number of hydrogen-bond acceptors (Lipinski definition) is 2. The smallest absolute Gasteiger partial charge is 0.317 e. The van der Waals surface area contributed by atoms with E-state index in [1.807, 2.05) is 0 Å². The van der Waals surface area contributed by atoms with Crippen molar-refractivity contribution in [1.82, 2.24) is 10.2 Å². The summed E-state index contributed by atoms with van der Waals surface area (Å²) < 4.78 is 25.0. The first-order chi connectivity index (χ1) is 5.55. The van der Waals surface area contributed by atoms with Crippen LogP contribution in [0, 0.1) is 0 Å². The Balaban J connectivity index is 2.45. The van der Waals surface area contributed by atoms with Crippen molar-refractivity contribution in [2.75, 3.05) is 26.2 Å². The Morgan fingerprint density at radius 3 is 2.75 bits per heavy atom. The van der Waals surface area contributed by atoms with Crippen LogP contribution < -0.4 is 5.32 Å². The van der Waals surface area contributed by atoms with Crippen molar-refractivity contribution in [1.29, 1.82) is 0 Å². The van der Waals surface area contributed by atoms with Crippen LogP contribution in [-0.4, -0.2) is 48.2 Å². The molecule has 0 aromatic carbocycles. The van der Waals surface area contributed by atoms with Crippen LogP contribution in [0.1, 0.15) is 0 Å². The van der Waals surface area contributed by atoms with Crippen molar-refractivity contribution in [3.63, 3.8) is 0 Å². The van der Waals surface area contributed by atoms with Gasteiger partial charge in [-0.25, -0.2) is 13.6 Å². The Bertz CT molecular complexity index is 186. The summed E-state index contributed by atoms with van der Waals surface area (Å²) in [6.07, 6.45) is 0. The van der Waals surface area contributed by atoms with E-state index < -0.39 is 25.1 Å². The molecule has 0 unspecified atom stereocenters. The molecule has 1 aliphatic heterocycles. The van der Waals surface area contributed by atoms with E-state index >= 15 is 0 Å². The lowest BCUT2D eigenvalue weighted by atomic mass is 10.3. The molecule has 0 bridgehead atoms. The minimum atomic E-state index is -3.19. The Morgan fingerprint density at radius 2 is 2.33 bits per heavy atom. The molecule has 0 saturated carbocycles. The van der Waals surface area contributed by atoms with E-state index in [1.54, 1.807) is 0 Å². The molecule has 4 nitrogen and oxygen atoms in total. The van der Waals surface area contributed by atoms with Crippen LogP contribution in [-0.2, 0) is 0 Å². The quantitative estimate of drug-likeness (QED) is 0.623. The summed E-state index contributed by atoms with van der Waals surface area (Å²) >= 11 is 0. The maximum atomic E-state index is 12.5. The van der Waals surface area contributed by atoms with Crippen molar-refractivity contribution in [2.45, 2.75) is 5.92 Å². The molecule has 0 spiro atoms. The zero-order chi connectivity index (χ0) is 9.19. The van der Waals surface area contributed by atoms with Crippen LogP contribution in [0.15, 0.2) is 0 Å². The molecular weight excluding hydrogens is 170 g/mol. The zero-order valence-electron chi connectivity index (χ0n) is 6.39. The van der Waals surface area contributed by atoms with E-state index in [0.29, 0.717) is 6.54 Å². The van der Waals surface area contributed by atoms with Crippen molar-refractivity contribution in [3.05, 3.63) is 0 Å². The predicted octanol–water partition coefficient (Wildman–Crippen LogP) is -0.361. The Morgan fingerprint density at radius 1 is 1.67 bits per heavy atom. The Kier molecular flexibility index (Phi) is 2.46. The third-order valence-electron chi connectivity index (χ3n) is 1.60. The second-order valence-electron chi connectivity index (χ2n) is 2.67. The van der Waals surface area contributed by atoms with Crippen LogP contribution >= 0.6 is 0 Å². The number of amides is 2. The summed E-state index contributed by atoms with van der Waals surface area (Å²) in [5, 5.41) is 10.6. The highest BCUT2D eigenvalue weighted by atomic mass is 19.3. The molecule has 0 aromatic rings. The average Bonchev–Trinajstić information content (AvgIpc) is 2.36. The van der Waals surface area contributed by atoms with Crippen molar-refractivity contribution >= 4 is 6.03 Å². The zero-order valence-corrected chi connectivity index (χ0v) is 6.39. The van der Waals surface area contributed by atoms with E-state index in [0.717, 1.165) is 4.90 Å². The molecule has 0 atom stereocenters. The number of nitrogens with zero attached hydrogens (tertiary/aromatic N) is 1. The minimum absolute atomic E-state index is 0.272. The fourth-order valence-corrected chi connectivity index (χ4v) is 0.991. The molecule has 0 aromatic heterocycles. The lowest BCUT2D eigenvalue weighted by Crippen LogP contribution is -2.40. The van der Waals surface area contributed by atoms with Crippen LogP contribution in [0.25, 0.3) is 0 Å². The standard InChI is InChI=1S/C6H10F2N2O2/c7-6(8,4-11)3-10-2-1-9-5(10)12/h11H,1-4H2,(H,9,12). The second kappa shape index (κ2) is 3.22. The molecule has 1 saturated heterocycles.